The number of rotatable bonds is 4. The van der Waals surface area contributed by atoms with E-state index in [-0.39, 0.29) is 12.1 Å². The predicted octanol–water partition coefficient (Wildman–Crippen LogP) is 0.976. The molecule has 0 amide bonds. The molecular weight excluding hydrogens is 314 g/mol. The Labute approximate surface area is 148 Å². The number of benzene rings is 1. The first kappa shape index (κ1) is 16.4. The highest BCUT2D eigenvalue weighted by Gasteiger charge is 2.30. The minimum absolute atomic E-state index is 0.0199. The molecule has 0 saturated carbocycles. The van der Waals surface area contributed by atoms with Crippen LogP contribution in [-0.4, -0.2) is 59.3 Å². The van der Waals surface area contributed by atoms with E-state index in [1.54, 1.807) is 0 Å². The summed E-state index contributed by atoms with van der Waals surface area (Å²) < 4.78 is 0. The molecule has 25 heavy (non-hydrogen) atoms. The van der Waals surface area contributed by atoms with Gasteiger partial charge in [0.2, 0.25) is 5.95 Å². The monoisotopic (exact) mass is 339 g/mol. The third kappa shape index (κ3) is 3.51. The average Bonchev–Trinajstić information content (AvgIpc) is 2.96. The van der Waals surface area contributed by atoms with Gasteiger partial charge in [-0.25, -0.2) is 9.97 Å². The number of fused-ring (bicyclic) bond motifs is 1. The number of piperazine rings is 1. The second kappa shape index (κ2) is 7.07. The van der Waals surface area contributed by atoms with Crippen LogP contribution in [0.4, 0.5) is 5.95 Å². The van der Waals surface area contributed by atoms with Gasteiger partial charge in [-0.05, 0) is 18.2 Å². The van der Waals surface area contributed by atoms with Crippen LogP contribution in [0.1, 0.15) is 22.7 Å². The largest absolute Gasteiger partial charge is 0.391 e. The van der Waals surface area contributed by atoms with Gasteiger partial charge in [-0.2, -0.15) is 0 Å². The average molecular weight is 339 g/mol. The highest BCUT2D eigenvalue weighted by atomic mass is 16.3. The Hall–Kier alpha value is -2.02. The summed E-state index contributed by atoms with van der Waals surface area (Å²) in [6.45, 7) is 4.69. The fourth-order valence-electron chi connectivity index (χ4n) is 3.66. The Bertz CT molecular complexity index is 712. The zero-order chi connectivity index (χ0) is 17.2. The molecular formula is C19H25N5O. The third-order valence-electron chi connectivity index (χ3n) is 5.21. The minimum atomic E-state index is -0.372. The second-order valence-corrected chi connectivity index (χ2v) is 7.01. The molecule has 0 bridgehead atoms. The van der Waals surface area contributed by atoms with Gasteiger partial charge in [-0.15, -0.1) is 0 Å². The van der Waals surface area contributed by atoms with E-state index in [0.717, 1.165) is 37.7 Å². The first-order chi connectivity index (χ1) is 12.2. The zero-order valence-electron chi connectivity index (χ0n) is 14.6. The van der Waals surface area contributed by atoms with Crippen LogP contribution in [0.5, 0.6) is 0 Å². The van der Waals surface area contributed by atoms with Crippen molar-refractivity contribution >= 4 is 5.95 Å². The maximum atomic E-state index is 10.3. The lowest BCUT2D eigenvalue weighted by Gasteiger charge is -2.32. The van der Waals surface area contributed by atoms with E-state index in [4.69, 9.17) is 0 Å². The highest BCUT2D eigenvalue weighted by Crippen LogP contribution is 2.31. The Balaban J connectivity index is 1.37. The van der Waals surface area contributed by atoms with Gasteiger partial charge < -0.3 is 20.2 Å². The third-order valence-corrected chi connectivity index (χ3v) is 5.21. The number of anilines is 1. The molecule has 2 aromatic rings. The molecule has 1 aromatic carbocycles. The lowest BCUT2D eigenvalue weighted by Crippen LogP contribution is -2.45. The summed E-state index contributed by atoms with van der Waals surface area (Å²) in [5.41, 5.74) is 3.47. The lowest BCUT2D eigenvalue weighted by atomic mass is 10.1. The number of aliphatic hydroxyl groups excluding tert-OH is 1. The number of aromatic nitrogens is 2. The Kier molecular flexibility index (Phi) is 4.65. The van der Waals surface area contributed by atoms with E-state index >= 15 is 0 Å². The van der Waals surface area contributed by atoms with Gasteiger partial charge in [0.25, 0.3) is 0 Å². The van der Waals surface area contributed by atoms with Gasteiger partial charge in [-0.1, -0.05) is 24.3 Å². The van der Waals surface area contributed by atoms with Crippen molar-refractivity contribution in [3.05, 3.63) is 53.3 Å². The molecule has 1 fully saturated rings. The molecule has 2 N–H and O–H groups in total. The molecule has 0 spiro atoms. The first-order valence-corrected chi connectivity index (χ1v) is 8.94. The molecule has 6 heteroatoms. The molecule has 1 aliphatic heterocycles. The van der Waals surface area contributed by atoms with E-state index in [2.05, 4.69) is 44.3 Å². The normalized spacial score (nSPS) is 23.7. The standard InChI is InChI=1S/C19H25N5O/c1-23-6-8-24(9-7-23)19-21-12-14(13-22-19)11-20-18-16-5-3-2-4-15(16)10-17(18)25/h2-5,12-13,17-18,20,25H,6-11H2,1H3/t17-,18+/m0/s1. The van der Waals surface area contributed by atoms with E-state index in [0.29, 0.717) is 13.0 Å². The quantitative estimate of drug-likeness (QED) is 0.866. The molecule has 1 aliphatic carbocycles. The molecule has 1 saturated heterocycles. The minimum Gasteiger partial charge on any atom is -0.391 e. The van der Waals surface area contributed by atoms with Crippen LogP contribution < -0.4 is 10.2 Å². The van der Waals surface area contributed by atoms with Crippen molar-refractivity contribution in [2.45, 2.75) is 25.1 Å². The number of hydrogen-bond donors (Lipinski definition) is 2. The van der Waals surface area contributed by atoms with Gasteiger partial charge >= 0.3 is 0 Å². The maximum Gasteiger partial charge on any atom is 0.225 e. The van der Waals surface area contributed by atoms with Crippen molar-refractivity contribution in [3.63, 3.8) is 0 Å². The molecule has 0 unspecified atom stereocenters. The van der Waals surface area contributed by atoms with Crippen molar-refractivity contribution in [2.75, 3.05) is 38.1 Å². The van der Waals surface area contributed by atoms with Crippen LogP contribution in [0.3, 0.4) is 0 Å². The van der Waals surface area contributed by atoms with Crippen LogP contribution in [0.25, 0.3) is 0 Å². The van der Waals surface area contributed by atoms with Gasteiger partial charge in [-0.3, -0.25) is 0 Å². The summed E-state index contributed by atoms with van der Waals surface area (Å²) in [6, 6.07) is 8.22. The molecule has 2 heterocycles. The van der Waals surface area contributed by atoms with Crippen LogP contribution in [-0.2, 0) is 13.0 Å². The summed E-state index contributed by atoms with van der Waals surface area (Å²) in [7, 11) is 2.14. The molecule has 2 aliphatic rings. The Morgan fingerprint density at radius 2 is 1.84 bits per heavy atom. The molecule has 0 radical (unpaired) electrons. The number of nitrogens with one attached hydrogen (secondary N) is 1. The molecule has 1 aromatic heterocycles. The van der Waals surface area contributed by atoms with E-state index in [1.165, 1.54) is 11.1 Å². The molecule has 6 nitrogen and oxygen atoms in total. The van der Waals surface area contributed by atoms with Crippen LogP contribution >= 0.6 is 0 Å². The summed E-state index contributed by atoms with van der Waals surface area (Å²) in [6.07, 6.45) is 4.12. The van der Waals surface area contributed by atoms with Crippen LogP contribution in [0, 0.1) is 0 Å². The Morgan fingerprint density at radius 1 is 1.12 bits per heavy atom. The maximum absolute atomic E-state index is 10.3. The highest BCUT2D eigenvalue weighted by molar-refractivity contribution is 5.36. The predicted molar refractivity (Wildman–Crippen MR) is 97.5 cm³/mol. The fraction of sp³-hybridized carbons (Fsp3) is 0.474. The first-order valence-electron chi connectivity index (χ1n) is 8.94. The number of likely N-dealkylation sites (N-methyl/N-ethyl adjacent to an activating group) is 1. The number of hydrogen-bond acceptors (Lipinski definition) is 6. The van der Waals surface area contributed by atoms with Crippen LogP contribution in [0.15, 0.2) is 36.7 Å². The van der Waals surface area contributed by atoms with Crippen molar-refractivity contribution in [1.82, 2.24) is 20.2 Å². The van der Waals surface area contributed by atoms with Crippen molar-refractivity contribution in [1.29, 1.82) is 0 Å². The summed E-state index contributed by atoms with van der Waals surface area (Å²) in [5, 5.41) is 13.8. The van der Waals surface area contributed by atoms with Crippen molar-refractivity contribution in [3.8, 4) is 0 Å². The van der Waals surface area contributed by atoms with E-state index in [9.17, 15) is 5.11 Å². The smallest absolute Gasteiger partial charge is 0.225 e. The van der Waals surface area contributed by atoms with E-state index in [1.807, 2.05) is 24.5 Å². The van der Waals surface area contributed by atoms with Gasteiger partial charge in [0, 0.05) is 57.1 Å². The van der Waals surface area contributed by atoms with Gasteiger partial charge in [0.05, 0.1) is 12.1 Å². The Morgan fingerprint density at radius 3 is 2.60 bits per heavy atom. The molecule has 2 atom stereocenters. The van der Waals surface area contributed by atoms with Crippen LogP contribution in [0.2, 0.25) is 0 Å². The van der Waals surface area contributed by atoms with Gasteiger partial charge in [0.1, 0.15) is 0 Å². The SMILES string of the molecule is CN1CCN(c2ncc(CN[C@@H]3c4ccccc4C[C@@H]3O)cn2)CC1. The van der Waals surface area contributed by atoms with Gasteiger partial charge in [0.15, 0.2) is 0 Å². The summed E-state index contributed by atoms with van der Waals surface area (Å²) in [4.78, 5) is 13.6. The van der Waals surface area contributed by atoms with Crippen molar-refractivity contribution < 1.29 is 5.11 Å². The lowest BCUT2D eigenvalue weighted by molar-refractivity contribution is 0.140. The fourth-order valence-corrected chi connectivity index (χ4v) is 3.66. The molecule has 4 rings (SSSR count). The topological polar surface area (TPSA) is 64.5 Å². The summed E-state index contributed by atoms with van der Waals surface area (Å²) in [5.74, 6) is 0.808. The molecule has 132 valence electrons. The van der Waals surface area contributed by atoms with Crippen molar-refractivity contribution in [2.24, 2.45) is 0 Å². The zero-order valence-corrected chi connectivity index (χ0v) is 14.6. The second-order valence-electron chi connectivity index (χ2n) is 7.01. The number of aliphatic hydroxyl groups is 1. The van der Waals surface area contributed by atoms with E-state index < -0.39 is 0 Å². The number of nitrogens with zero attached hydrogens (tertiary/aromatic N) is 4. The summed E-state index contributed by atoms with van der Waals surface area (Å²) >= 11 is 0.